The molecule has 1 aromatic carbocycles. The van der Waals surface area contributed by atoms with Gasteiger partial charge < -0.3 is 16.2 Å². The first-order chi connectivity index (χ1) is 9.06. The summed E-state index contributed by atoms with van der Waals surface area (Å²) in [5.74, 6) is 0.574. The summed E-state index contributed by atoms with van der Waals surface area (Å²) in [6.07, 6.45) is 1.64. The molecule has 5 heteroatoms. The molecule has 1 atom stereocenters. The van der Waals surface area contributed by atoms with Gasteiger partial charge in [0.15, 0.2) is 0 Å². The molecule has 2 rings (SSSR count). The SMILES string of the molecule is C[C@H](N)c1ccnc(Oc2ccc(C(N)=O)cc2)c1. The molecule has 0 fully saturated rings. The third-order valence-electron chi connectivity index (χ3n) is 2.65. The fourth-order valence-electron chi connectivity index (χ4n) is 1.57. The van der Waals surface area contributed by atoms with Gasteiger partial charge in [0.2, 0.25) is 11.8 Å². The Morgan fingerprint density at radius 2 is 1.95 bits per heavy atom. The molecule has 19 heavy (non-hydrogen) atoms. The number of carbonyl (C=O) groups excluding carboxylic acids is 1. The second-order valence-corrected chi connectivity index (χ2v) is 4.21. The van der Waals surface area contributed by atoms with Gasteiger partial charge in [-0.3, -0.25) is 4.79 Å². The van der Waals surface area contributed by atoms with Gasteiger partial charge in [-0.25, -0.2) is 4.98 Å². The molecule has 0 spiro atoms. The minimum absolute atomic E-state index is 0.0809. The molecule has 1 heterocycles. The quantitative estimate of drug-likeness (QED) is 0.876. The Balaban J connectivity index is 2.16. The van der Waals surface area contributed by atoms with Gasteiger partial charge in [-0.2, -0.15) is 0 Å². The van der Waals surface area contributed by atoms with Crippen LogP contribution in [0.2, 0.25) is 0 Å². The number of hydrogen-bond donors (Lipinski definition) is 2. The van der Waals surface area contributed by atoms with Crippen LogP contribution in [0.4, 0.5) is 0 Å². The summed E-state index contributed by atoms with van der Waals surface area (Å²) in [5, 5.41) is 0. The van der Waals surface area contributed by atoms with E-state index in [1.807, 2.05) is 13.0 Å². The van der Waals surface area contributed by atoms with Gasteiger partial charge in [-0.05, 0) is 42.8 Å². The molecule has 0 saturated heterocycles. The first-order valence-corrected chi connectivity index (χ1v) is 5.85. The highest BCUT2D eigenvalue weighted by Crippen LogP contribution is 2.22. The molecule has 0 aliphatic carbocycles. The Bertz CT molecular complexity index is 579. The number of ether oxygens (including phenoxy) is 1. The zero-order valence-electron chi connectivity index (χ0n) is 10.5. The summed E-state index contributed by atoms with van der Waals surface area (Å²) in [6, 6.07) is 10.1. The monoisotopic (exact) mass is 257 g/mol. The lowest BCUT2D eigenvalue weighted by molar-refractivity contribution is 0.100. The third kappa shape index (κ3) is 3.29. The molecule has 1 aromatic heterocycles. The summed E-state index contributed by atoms with van der Waals surface area (Å²) in [4.78, 5) is 15.1. The molecule has 0 saturated carbocycles. The molecule has 0 radical (unpaired) electrons. The van der Waals surface area contributed by atoms with E-state index in [1.54, 1.807) is 36.5 Å². The normalized spacial score (nSPS) is 11.9. The topological polar surface area (TPSA) is 91.2 Å². The van der Waals surface area contributed by atoms with Gasteiger partial charge in [0, 0.05) is 23.9 Å². The van der Waals surface area contributed by atoms with E-state index in [0.29, 0.717) is 17.2 Å². The summed E-state index contributed by atoms with van der Waals surface area (Å²) in [5.41, 5.74) is 12.3. The molecular formula is C14H15N3O2. The Morgan fingerprint density at radius 1 is 1.26 bits per heavy atom. The summed E-state index contributed by atoms with van der Waals surface area (Å²) >= 11 is 0. The number of hydrogen-bond acceptors (Lipinski definition) is 4. The van der Waals surface area contributed by atoms with Crippen LogP contribution in [-0.2, 0) is 0 Å². The average molecular weight is 257 g/mol. The van der Waals surface area contributed by atoms with Crippen molar-refractivity contribution in [1.29, 1.82) is 0 Å². The minimum atomic E-state index is -0.469. The van der Waals surface area contributed by atoms with Gasteiger partial charge in [0.25, 0.3) is 0 Å². The fraction of sp³-hybridized carbons (Fsp3) is 0.143. The molecule has 5 nitrogen and oxygen atoms in total. The van der Waals surface area contributed by atoms with Crippen molar-refractivity contribution in [2.75, 3.05) is 0 Å². The highest BCUT2D eigenvalue weighted by atomic mass is 16.5. The lowest BCUT2D eigenvalue weighted by atomic mass is 10.1. The van der Waals surface area contributed by atoms with Gasteiger partial charge >= 0.3 is 0 Å². The largest absolute Gasteiger partial charge is 0.439 e. The van der Waals surface area contributed by atoms with Crippen LogP contribution in [0.15, 0.2) is 42.6 Å². The first-order valence-electron chi connectivity index (χ1n) is 5.85. The zero-order valence-corrected chi connectivity index (χ0v) is 10.5. The number of carbonyl (C=O) groups is 1. The van der Waals surface area contributed by atoms with E-state index in [2.05, 4.69) is 4.98 Å². The van der Waals surface area contributed by atoms with Crippen molar-refractivity contribution >= 4 is 5.91 Å². The molecule has 2 aromatic rings. The van der Waals surface area contributed by atoms with Crippen LogP contribution < -0.4 is 16.2 Å². The number of nitrogens with two attached hydrogens (primary N) is 2. The van der Waals surface area contributed by atoms with E-state index < -0.39 is 5.91 Å². The van der Waals surface area contributed by atoms with Gasteiger partial charge in [-0.1, -0.05) is 0 Å². The molecule has 4 N–H and O–H groups in total. The van der Waals surface area contributed by atoms with Crippen LogP contribution in [0.25, 0.3) is 0 Å². The average Bonchev–Trinajstić information content (AvgIpc) is 2.39. The second kappa shape index (κ2) is 5.49. The van der Waals surface area contributed by atoms with Crippen molar-refractivity contribution in [3.63, 3.8) is 0 Å². The smallest absolute Gasteiger partial charge is 0.248 e. The number of nitrogens with zero attached hydrogens (tertiary/aromatic N) is 1. The van der Waals surface area contributed by atoms with Crippen molar-refractivity contribution < 1.29 is 9.53 Å². The van der Waals surface area contributed by atoms with Crippen LogP contribution in [0, 0.1) is 0 Å². The Morgan fingerprint density at radius 3 is 2.53 bits per heavy atom. The number of benzene rings is 1. The summed E-state index contributed by atoms with van der Waals surface area (Å²) in [7, 11) is 0. The maximum atomic E-state index is 10.9. The highest BCUT2D eigenvalue weighted by Gasteiger charge is 2.05. The zero-order chi connectivity index (χ0) is 13.8. The number of amides is 1. The number of pyridine rings is 1. The van der Waals surface area contributed by atoms with Crippen LogP contribution in [0.1, 0.15) is 28.9 Å². The first kappa shape index (κ1) is 13.0. The van der Waals surface area contributed by atoms with E-state index in [-0.39, 0.29) is 6.04 Å². The number of rotatable bonds is 4. The van der Waals surface area contributed by atoms with Gasteiger partial charge in [0.05, 0.1) is 0 Å². The highest BCUT2D eigenvalue weighted by molar-refractivity contribution is 5.92. The van der Waals surface area contributed by atoms with E-state index in [9.17, 15) is 4.79 Å². The summed E-state index contributed by atoms with van der Waals surface area (Å²) in [6.45, 7) is 1.89. The second-order valence-electron chi connectivity index (χ2n) is 4.21. The summed E-state index contributed by atoms with van der Waals surface area (Å²) < 4.78 is 5.59. The maximum absolute atomic E-state index is 10.9. The predicted octanol–water partition coefficient (Wildman–Crippen LogP) is 1.99. The van der Waals surface area contributed by atoms with Crippen molar-refractivity contribution in [2.45, 2.75) is 13.0 Å². The Labute approximate surface area is 111 Å². The van der Waals surface area contributed by atoms with E-state index in [4.69, 9.17) is 16.2 Å². The lowest BCUT2D eigenvalue weighted by Crippen LogP contribution is -2.10. The minimum Gasteiger partial charge on any atom is -0.439 e. The van der Waals surface area contributed by atoms with Crippen molar-refractivity contribution in [3.05, 3.63) is 53.7 Å². The van der Waals surface area contributed by atoms with Crippen LogP contribution >= 0.6 is 0 Å². The Kier molecular flexibility index (Phi) is 3.77. The molecule has 0 bridgehead atoms. The van der Waals surface area contributed by atoms with E-state index in [1.165, 1.54) is 0 Å². The van der Waals surface area contributed by atoms with E-state index >= 15 is 0 Å². The molecule has 0 unspecified atom stereocenters. The van der Waals surface area contributed by atoms with E-state index in [0.717, 1.165) is 5.56 Å². The van der Waals surface area contributed by atoms with Gasteiger partial charge in [0.1, 0.15) is 5.75 Å². The third-order valence-corrected chi connectivity index (χ3v) is 2.65. The standard InChI is InChI=1S/C14H15N3O2/c1-9(15)11-6-7-17-13(8-11)19-12-4-2-10(3-5-12)14(16)18/h2-9H,15H2,1H3,(H2,16,18)/t9-/m0/s1. The van der Waals surface area contributed by atoms with Crippen molar-refractivity contribution in [1.82, 2.24) is 4.98 Å². The lowest BCUT2D eigenvalue weighted by Gasteiger charge is -2.08. The van der Waals surface area contributed by atoms with Crippen LogP contribution in [0.5, 0.6) is 11.6 Å². The van der Waals surface area contributed by atoms with Crippen LogP contribution in [0.3, 0.4) is 0 Å². The Hall–Kier alpha value is -2.40. The van der Waals surface area contributed by atoms with Crippen molar-refractivity contribution in [2.24, 2.45) is 11.5 Å². The molecule has 0 aliphatic rings. The predicted molar refractivity (Wildman–Crippen MR) is 71.9 cm³/mol. The number of primary amides is 1. The number of aromatic nitrogens is 1. The molecule has 1 amide bonds. The van der Waals surface area contributed by atoms with Crippen molar-refractivity contribution in [3.8, 4) is 11.6 Å². The molecular weight excluding hydrogens is 242 g/mol. The van der Waals surface area contributed by atoms with Crippen LogP contribution in [-0.4, -0.2) is 10.9 Å². The fourth-order valence-corrected chi connectivity index (χ4v) is 1.57. The maximum Gasteiger partial charge on any atom is 0.248 e. The molecule has 98 valence electrons. The molecule has 0 aliphatic heterocycles. The van der Waals surface area contributed by atoms with Gasteiger partial charge in [-0.15, -0.1) is 0 Å².